The van der Waals surface area contributed by atoms with Gasteiger partial charge in [0, 0.05) is 17.9 Å². The van der Waals surface area contributed by atoms with Crippen molar-refractivity contribution in [3.8, 4) is 0 Å². The van der Waals surface area contributed by atoms with Crippen LogP contribution in [0.1, 0.15) is 26.3 Å². The summed E-state index contributed by atoms with van der Waals surface area (Å²) in [6.07, 6.45) is -0.466. The van der Waals surface area contributed by atoms with Gasteiger partial charge in [-0.3, -0.25) is 10.1 Å². The Kier molecular flexibility index (Phi) is 7.68. The van der Waals surface area contributed by atoms with Gasteiger partial charge < -0.3 is 9.47 Å². The number of carbonyl (C=O) groups excluding carboxylic acids is 2. The lowest BCUT2D eigenvalue weighted by atomic mass is 10.2. The Bertz CT molecular complexity index is 461. The van der Waals surface area contributed by atoms with E-state index in [9.17, 15) is 9.59 Å². The fourth-order valence-corrected chi connectivity index (χ4v) is 2.28. The second-order valence-corrected chi connectivity index (χ2v) is 6.18. The molecule has 116 valence electrons. The highest BCUT2D eigenvalue weighted by molar-refractivity contribution is 7.99. The van der Waals surface area contributed by atoms with Gasteiger partial charge in [0.05, 0.1) is 0 Å². The highest BCUT2D eigenvalue weighted by Gasteiger charge is 2.07. The summed E-state index contributed by atoms with van der Waals surface area (Å²) < 4.78 is 10.0. The summed E-state index contributed by atoms with van der Waals surface area (Å²) >= 11 is 1.74. The molecule has 0 aliphatic rings. The third-order valence-electron chi connectivity index (χ3n) is 2.54. The van der Waals surface area contributed by atoms with Crippen molar-refractivity contribution >= 4 is 29.5 Å². The van der Waals surface area contributed by atoms with Crippen LogP contribution in [0.4, 0.5) is 10.5 Å². The first-order valence-electron chi connectivity index (χ1n) is 6.79. The van der Waals surface area contributed by atoms with E-state index in [1.807, 2.05) is 6.92 Å². The Labute approximate surface area is 129 Å². The zero-order chi connectivity index (χ0) is 15.7. The number of anilines is 1. The van der Waals surface area contributed by atoms with Crippen LogP contribution in [0.3, 0.4) is 0 Å². The summed E-state index contributed by atoms with van der Waals surface area (Å²) in [6.45, 7) is 6.06. The summed E-state index contributed by atoms with van der Waals surface area (Å²) in [5, 5.41) is 2.94. The van der Waals surface area contributed by atoms with Crippen LogP contribution in [0.5, 0.6) is 0 Å². The zero-order valence-electron chi connectivity index (χ0n) is 12.5. The van der Waals surface area contributed by atoms with Crippen LogP contribution in [-0.4, -0.2) is 29.7 Å². The van der Waals surface area contributed by atoms with Crippen molar-refractivity contribution < 1.29 is 19.1 Å². The molecule has 1 amide bonds. The maximum atomic E-state index is 11.6. The van der Waals surface area contributed by atoms with E-state index in [4.69, 9.17) is 9.47 Å². The van der Waals surface area contributed by atoms with Crippen molar-refractivity contribution in [2.24, 2.45) is 0 Å². The highest BCUT2D eigenvalue weighted by atomic mass is 32.2. The topological polar surface area (TPSA) is 64.6 Å². The minimum atomic E-state index is -0.466. The second kappa shape index (κ2) is 9.28. The van der Waals surface area contributed by atoms with Gasteiger partial charge in [-0.25, -0.2) is 4.79 Å². The van der Waals surface area contributed by atoms with Crippen LogP contribution in [0, 0.1) is 0 Å². The normalized spacial score (nSPS) is 11.6. The summed E-state index contributed by atoms with van der Waals surface area (Å²) in [6, 6.07) is 7.05. The highest BCUT2D eigenvalue weighted by Crippen LogP contribution is 2.12. The fraction of sp³-hybridized carbons (Fsp3) is 0.467. The Morgan fingerprint density at radius 3 is 2.48 bits per heavy atom. The van der Waals surface area contributed by atoms with Crippen molar-refractivity contribution in [1.82, 2.24) is 0 Å². The van der Waals surface area contributed by atoms with E-state index >= 15 is 0 Å². The molecular formula is C15H21NO4S. The lowest BCUT2D eigenvalue weighted by molar-refractivity contribution is -0.142. The molecule has 1 rings (SSSR count). The van der Waals surface area contributed by atoms with Crippen molar-refractivity contribution in [2.75, 3.05) is 17.7 Å². The predicted octanol–water partition coefficient (Wildman–Crippen LogP) is 3.44. The maximum absolute atomic E-state index is 11.6. The van der Waals surface area contributed by atoms with E-state index in [0.29, 0.717) is 12.3 Å². The zero-order valence-corrected chi connectivity index (χ0v) is 13.4. The molecule has 0 saturated heterocycles. The molecule has 6 heteroatoms. The smallest absolute Gasteiger partial charge is 0.411 e. The van der Waals surface area contributed by atoms with Gasteiger partial charge in [0.1, 0.15) is 13.2 Å². The summed E-state index contributed by atoms with van der Waals surface area (Å²) in [5.74, 6) is 0.676. The lowest BCUT2D eigenvalue weighted by Crippen LogP contribution is -2.18. The largest absolute Gasteiger partial charge is 0.461 e. The number of benzene rings is 1. The van der Waals surface area contributed by atoms with E-state index in [-0.39, 0.29) is 17.8 Å². The lowest BCUT2D eigenvalue weighted by Gasteiger charge is -2.11. The van der Waals surface area contributed by atoms with Crippen molar-refractivity contribution in [3.05, 3.63) is 29.8 Å². The van der Waals surface area contributed by atoms with Crippen LogP contribution >= 0.6 is 11.8 Å². The molecule has 1 N–H and O–H groups in total. The van der Waals surface area contributed by atoms with Gasteiger partial charge in [0.2, 0.25) is 0 Å². The minimum Gasteiger partial charge on any atom is -0.461 e. The molecule has 1 unspecified atom stereocenters. The Morgan fingerprint density at radius 1 is 1.24 bits per heavy atom. The molecule has 0 fully saturated rings. The van der Waals surface area contributed by atoms with Crippen molar-refractivity contribution in [1.29, 1.82) is 0 Å². The van der Waals surface area contributed by atoms with Gasteiger partial charge in [-0.15, -0.1) is 0 Å². The van der Waals surface area contributed by atoms with E-state index < -0.39 is 6.09 Å². The number of hydrogen-bond acceptors (Lipinski definition) is 5. The SMILES string of the molecule is CCSC(C)COC(=O)Nc1ccc(COC(C)=O)cc1. The van der Waals surface area contributed by atoms with Gasteiger partial charge in [0.25, 0.3) is 0 Å². The molecule has 0 radical (unpaired) electrons. The Balaban J connectivity index is 2.37. The number of esters is 1. The number of amides is 1. The second-order valence-electron chi connectivity index (χ2n) is 4.47. The quantitative estimate of drug-likeness (QED) is 0.781. The third-order valence-corrected chi connectivity index (χ3v) is 3.58. The summed E-state index contributed by atoms with van der Waals surface area (Å²) in [7, 11) is 0. The first-order chi connectivity index (χ1) is 10.0. The van der Waals surface area contributed by atoms with Crippen LogP contribution in [0.25, 0.3) is 0 Å². The first kappa shape index (κ1) is 17.4. The fourth-order valence-electron chi connectivity index (χ4n) is 1.55. The van der Waals surface area contributed by atoms with Gasteiger partial charge in [-0.2, -0.15) is 11.8 Å². The van der Waals surface area contributed by atoms with Crippen LogP contribution in [0.2, 0.25) is 0 Å². The van der Waals surface area contributed by atoms with Crippen LogP contribution < -0.4 is 5.32 Å². The predicted molar refractivity (Wildman–Crippen MR) is 84.5 cm³/mol. The first-order valence-corrected chi connectivity index (χ1v) is 7.83. The summed E-state index contributed by atoms with van der Waals surface area (Å²) in [5.41, 5.74) is 1.50. The molecule has 0 heterocycles. The number of hydrogen-bond donors (Lipinski definition) is 1. The molecule has 0 saturated carbocycles. The molecule has 0 spiro atoms. The van der Waals surface area contributed by atoms with E-state index in [0.717, 1.165) is 11.3 Å². The monoisotopic (exact) mass is 311 g/mol. The van der Waals surface area contributed by atoms with E-state index in [2.05, 4.69) is 12.2 Å². The molecule has 21 heavy (non-hydrogen) atoms. The molecule has 0 bridgehead atoms. The molecule has 1 aromatic rings. The Morgan fingerprint density at radius 2 is 1.90 bits per heavy atom. The molecule has 5 nitrogen and oxygen atoms in total. The molecule has 1 aromatic carbocycles. The molecule has 0 aliphatic carbocycles. The molecular weight excluding hydrogens is 290 g/mol. The van der Waals surface area contributed by atoms with Crippen molar-refractivity contribution in [2.45, 2.75) is 32.6 Å². The Hall–Kier alpha value is -1.69. The average Bonchev–Trinajstić information content (AvgIpc) is 2.45. The van der Waals surface area contributed by atoms with Gasteiger partial charge >= 0.3 is 12.1 Å². The molecule has 0 aliphatic heterocycles. The van der Waals surface area contributed by atoms with E-state index in [1.54, 1.807) is 36.0 Å². The molecule has 0 aromatic heterocycles. The molecule has 1 atom stereocenters. The maximum Gasteiger partial charge on any atom is 0.411 e. The van der Waals surface area contributed by atoms with E-state index in [1.165, 1.54) is 6.92 Å². The van der Waals surface area contributed by atoms with Crippen LogP contribution in [0.15, 0.2) is 24.3 Å². The van der Waals surface area contributed by atoms with Gasteiger partial charge in [0.15, 0.2) is 0 Å². The van der Waals surface area contributed by atoms with Gasteiger partial charge in [-0.1, -0.05) is 19.1 Å². The van der Waals surface area contributed by atoms with Crippen LogP contribution in [-0.2, 0) is 20.9 Å². The number of rotatable bonds is 7. The summed E-state index contributed by atoms with van der Waals surface area (Å²) in [4.78, 5) is 22.3. The minimum absolute atomic E-state index is 0.228. The number of nitrogens with one attached hydrogen (secondary N) is 1. The number of thioether (sulfide) groups is 1. The van der Waals surface area contributed by atoms with Gasteiger partial charge in [-0.05, 0) is 30.4 Å². The number of carbonyl (C=O) groups is 2. The number of ether oxygens (including phenoxy) is 2. The average molecular weight is 311 g/mol. The third kappa shape index (κ3) is 7.60. The van der Waals surface area contributed by atoms with Crippen molar-refractivity contribution in [3.63, 3.8) is 0 Å². The standard InChI is InChI=1S/C15H21NO4S/c1-4-21-11(2)9-20-15(18)16-14-7-5-13(6-8-14)10-19-12(3)17/h5-8,11H,4,9-10H2,1-3H3,(H,16,18).